The molecule has 3 aromatic rings. The number of fused-ring (bicyclic) bond motifs is 1. The molecule has 0 heterocycles. The number of anilines is 1. The highest BCUT2D eigenvalue weighted by atomic mass is 16.1. The van der Waals surface area contributed by atoms with Crippen molar-refractivity contribution in [3.63, 3.8) is 0 Å². The van der Waals surface area contributed by atoms with Crippen LogP contribution in [-0.4, -0.2) is 19.0 Å². The molecule has 1 amide bonds. The van der Waals surface area contributed by atoms with Gasteiger partial charge in [-0.05, 0) is 35.0 Å². The Morgan fingerprint density at radius 3 is 2.32 bits per heavy atom. The third kappa shape index (κ3) is 3.44. The highest BCUT2D eigenvalue weighted by molar-refractivity contribution is 5.94. The molecule has 0 aliphatic rings. The molecular weight excluding hydrogens is 272 g/mol. The lowest BCUT2D eigenvalue weighted by Gasteiger charge is -2.09. The van der Waals surface area contributed by atoms with Crippen LogP contribution >= 0.6 is 0 Å². The third-order valence-electron chi connectivity index (χ3n) is 3.53. The Labute approximate surface area is 130 Å². The minimum absolute atomic E-state index is 0.0408. The molecule has 0 radical (unpaired) electrons. The van der Waals surface area contributed by atoms with Gasteiger partial charge in [-0.2, -0.15) is 0 Å². The van der Waals surface area contributed by atoms with Gasteiger partial charge in [0.15, 0.2) is 0 Å². The molecule has 3 rings (SSSR count). The van der Waals surface area contributed by atoms with Crippen LogP contribution in [0.5, 0.6) is 0 Å². The maximum atomic E-state index is 11.9. The summed E-state index contributed by atoms with van der Waals surface area (Å²) in [5, 5.41) is 8.67. The van der Waals surface area contributed by atoms with Crippen molar-refractivity contribution in [1.82, 2.24) is 5.32 Å². The van der Waals surface area contributed by atoms with Crippen LogP contribution in [0.2, 0.25) is 0 Å². The zero-order valence-electron chi connectivity index (χ0n) is 12.3. The average molecular weight is 290 g/mol. The van der Waals surface area contributed by atoms with E-state index in [0.29, 0.717) is 18.7 Å². The van der Waals surface area contributed by atoms with E-state index in [9.17, 15) is 4.79 Å². The number of rotatable bonds is 5. The highest BCUT2D eigenvalue weighted by Gasteiger charge is 2.02. The number of benzene rings is 3. The molecule has 0 spiro atoms. The molecule has 0 unspecified atom stereocenters. The summed E-state index contributed by atoms with van der Waals surface area (Å²) in [6.07, 6.45) is 0. The first-order chi connectivity index (χ1) is 10.8. The Bertz CT molecular complexity index is 769. The molecule has 0 bridgehead atoms. The Morgan fingerprint density at radius 1 is 0.773 bits per heavy atom. The van der Waals surface area contributed by atoms with Gasteiger partial charge in [0.1, 0.15) is 0 Å². The van der Waals surface area contributed by atoms with Gasteiger partial charge in [-0.1, -0.05) is 48.5 Å². The number of hydrogen-bond donors (Lipinski definition) is 2. The largest absolute Gasteiger partial charge is 0.383 e. The molecule has 0 aliphatic heterocycles. The van der Waals surface area contributed by atoms with Gasteiger partial charge in [-0.15, -0.1) is 0 Å². The zero-order valence-corrected chi connectivity index (χ0v) is 12.3. The van der Waals surface area contributed by atoms with Crippen molar-refractivity contribution in [2.75, 3.05) is 18.4 Å². The lowest BCUT2D eigenvalue weighted by molar-refractivity contribution is 0.0955. The summed E-state index contributed by atoms with van der Waals surface area (Å²) in [5.74, 6) is -0.0408. The van der Waals surface area contributed by atoms with Crippen molar-refractivity contribution in [2.45, 2.75) is 0 Å². The van der Waals surface area contributed by atoms with Crippen molar-refractivity contribution in [2.24, 2.45) is 0 Å². The fraction of sp³-hybridized carbons (Fsp3) is 0.105. The van der Waals surface area contributed by atoms with E-state index >= 15 is 0 Å². The lowest BCUT2D eigenvalue weighted by Crippen LogP contribution is -2.28. The molecule has 3 heteroatoms. The van der Waals surface area contributed by atoms with E-state index in [2.05, 4.69) is 41.0 Å². The summed E-state index contributed by atoms with van der Waals surface area (Å²) >= 11 is 0. The monoisotopic (exact) mass is 290 g/mol. The van der Waals surface area contributed by atoms with Crippen LogP contribution in [0.25, 0.3) is 10.8 Å². The minimum Gasteiger partial charge on any atom is -0.383 e. The minimum atomic E-state index is -0.0408. The summed E-state index contributed by atoms with van der Waals surface area (Å²) in [6.45, 7) is 1.28. The van der Waals surface area contributed by atoms with Crippen LogP contribution < -0.4 is 10.6 Å². The summed E-state index contributed by atoms with van der Waals surface area (Å²) in [7, 11) is 0. The molecular formula is C19H18N2O. The molecule has 0 atom stereocenters. The quantitative estimate of drug-likeness (QED) is 0.704. The standard InChI is InChI=1S/C19H18N2O/c22-19(16-7-2-1-3-8-16)21-13-12-20-18-11-10-15-6-4-5-9-17(15)14-18/h1-11,14,20H,12-13H2,(H,21,22). The first kappa shape index (κ1) is 14.1. The van der Waals surface area contributed by atoms with Crippen LogP contribution in [0.15, 0.2) is 72.8 Å². The molecule has 3 aromatic carbocycles. The normalized spacial score (nSPS) is 10.4. The lowest BCUT2D eigenvalue weighted by atomic mass is 10.1. The van der Waals surface area contributed by atoms with Gasteiger partial charge in [0.2, 0.25) is 0 Å². The first-order valence-corrected chi connectivity index (χ1v) is 7.39. The molecule has 110 valence electrons. The number of hydrogen-bond acceptors (Lipinski definition) is 2. The average Bonchev–Trinajstić information content (AvgIpc) is 2.59. The van der Waals surface area contributed by atoms with Crippen molar-refractivity contribution in [3.8, 4) is 0 Å². The smallest absolute Gasteiger partial charge is 0.251 e. The molecule has 22 heavy (non-hydrogen) atoms. The van der Waals surface area contributed by atoms with Gasteiger partial charge in [-0.25, -0.2) is 0 Å². The second-order valence-electron chi connectivity index (χ2n) is 5.11. The Morgan fingerprint density at radius 2 is 1.50 bits per heavy atom. The van der Waals surface area contributed by atoms with Gasteiger partial charge in [0.25, 0.3) is 5.91 Å². The molecule has 0 saturated heterocycles. The summed E-state index contributed by atoms with van der Waals surface area (Å²) in [6, 6.07) is 23.8. The Kier molecular flexibility index (Phi) is 4.35. The Balaban J connectivity index is 1.51. The van der Waals surface area contributed by atoms with Crippen LogP contribution in [0, 0.1) is 0 Å². The fourth-order valence-corrected chi connectivity index (χ4v) is 2.37. The summed E-state index contributed by atoms with van der Waals surface area (Å²) in [4.78, 5) is 11.9. The maximum Gasteiger partial charge on any atom is 0.251 e. The molecule has 0 saturated carbocycles. The molecule has 0 aromatic heterocycles. The van der Waals surface area contributed by atoms with Crippen molar-refractivity contribution < 1.29 is 4.79 Å². The summed E-state index contributed by atoms with van der Waals surface area (Å²) in [5.41, 5.74) is 1.75. The predicted octanol–water partition coefficient (Wildman–Crippen LogP) is 3.68. The van der Waals surface area contributed by atoms with E-state index < -0.39 is 0 Å². The summed E-state index contributed by atoms with van der Waals surface area (Å²) < 4.78 is 0. The number of carbonyl (C=O) groups is 1. The molecule has 0 fully saturated rings. The second kappa shape index (κ2) is 6.76. The molecule has 2 N–H and O–H groups in total. The topological polar surface area (TPSA) is 41.1 Å². The van der Waals surface area contributed by atoms with Crippen molar-refractivity contribution in [3.05, 3.63) is 78.4 Å². The predicted molar refractivity (Wildman–Crippen MR) is 91.2 cm³/mol. The van der Waals surface area contributed by atoms with Gasteiger partial charge in [0, 0.05) is 24.3 Å². The van der Waals surface area contributed by atoms with E-state index in [1.165, 1.54) is 10.8 Å². The third-order valence-corrected chi connectivity index (χ3v) is 3.53. The number of amides is 1. The number of nitrogens with one attached hydrogen (secondary N) is 2. The second-order valence-corrected chi connectivity index (χ2v) is 5.11. The van der Waals surface area contributed by atoms with Crippen LogP contribution in [0.3, 0.4) is 0 Å². The highest BCUT2D eigenvalue weighted by Crippen LogP contribution is 2.18. The molecule has 3 nitrogen and oxygen atoms in total. The zero-order chi connectivity index (χ0) is 15.2. The van der Waals surface area contributed by atoms with Gasteiger partial charge < -0.3 is 10.6 Å². The van der Waals surface area contributed by atoms with E-state index in [4.69, 9.17) is 0 Å². The fourth-order valence-electron chi connectivity index (χ4n) is 2.37. The molecule has 0 aliphatic carbocycles. The van der Waals surface area contributed by atoms with E-state index in [1.807, 2.05) is 42.5 Å². The van der Waals surface area contributed by atoms with Gasteiger partial charge >= 0.3 is 0 Å². The first-order valence-electron chi connectivity index (χ1n) is 7.39. The van der Waals surface area contributed by atoms with Crippen LogP contribution in [-0.2, 0) is 0 Å². The maximum absolute atomic E-state index is 11.9. The van der Waals surface area contributed by atoms with Crippen LogP contribution in [0.4, 0.5) is 5.69 Å². The van der Waals surface area contributed by atoms with Gasteiger partial charge in [-0.3, -0.25) is 4.79 Å². The van der Waals surface area contributed by atoms with Gasteiger partial charge in [0.05, 0.1) is 0 Å². The van der Waals surface area contributed by atoms with E-state index in [0.717, 1.165) is 5.69 Å². The van der Waals surface area contributed by atoms with Crippen LogP contribution in [0.1, 0.15) is 10.4 Å². The van der Waals surface area contributed by atoms with Crippen molar-refractivity contribution >= 4 is 22.4 Å². The van der Waals surface area contributed by atoms with E-state index in [-0.39, 0.29) is 5.91 Å². The SMILES string of the molecule is O=C(NCCNc1ccc2ccccc2c1)c1ccccc1. The van der Waals surface area contributed by atoms with E-state index in [1.54, 1.807) is 0 Å². The van der Waals surface area contributed by atoms with Crippen molar-refractivity contribution in [1.29, 1.82) is 0 Å². The number of carbonyl (C=O) groups excluding carboxylic acids is 1. The Hall–Kier alpha value is -2.81.